The number of rotatable bonds is 4. The highest BCUT2D eigenvalue weighted by molar-refractivity contribution is 8.00. The number of thioether (sulfide) groups is 1. The number of hydrogen-bond donors (Lipinski definition) is 1. The topological polar surface area (TPSA) is 88.3 Å². The van der Waals surface area contributed by atoms with Crippen molar-refractivity contribution in [2.45, 2.75) is 31.7 Å². The van der Waals surface area contributed by atoms with Gasteiger partial charge < -0.3 is 9.84 Å². The molecule has 0 bridgehead atoms. The maximum atomic E-state index is 12.7. The van der Waals surface area contributed by atoms with Gasteiger partial charge in [-0.2, -0.15) is 4.98 Å². The number of β-lactam (4-membered cyclic amide) rings is 1. The first kappa shape index (κ1) is 16.8. The van der Waals surface area contributed by atoms with Crippen LogP contribution in [0, 0.1) is 6.92 Å². The van der Waals surface area contributed by atoms with E-state index in [0.717, 1.165) is 16.9 Å². The Morgan fingerprint density at radius 2 is 2.12 bits per heavy atom. The molecule has 2 aliphatic heterocycles. The first-order chi connectivity index (χ1) is 12.5. The second-order valence-electron chi connectivity index (χ2n) is 6.39. The van der Waals surface area contributed by atoms with Crippen molar-refractivity contribution < 1.29 is 14.1 Å². The first-order valence-corrected chi connectivity index (χ1v) is 9.38. The van der Waals surface area contributed by atoms with Gasteiger partial charge in [-0.3, -0.25) is 14.5 Å². The van der Waals surface area contributed by atoms with E-state index < -0.39 is 6.04 Å². The molecule has 2 aliphatic rings. The molecule has 0 aliphatic carbocycles. The molecule has 1 fully saturated rings. The maximum Gasteiger partial charge on any atom is 0.274 e. The Balaban J connectivity index is 1.48. The van der Waals surface area contributed by atoms with Crippen molar-refractivity contribution in [1.82, 2.24) is 20.4 Å². The van der Waals surface area contributed by atoms with Crippen LogP contribution in [-0.2, 0) is 16.0 Å². The molecular formula is C18H18N4O3S. The summed E-state index contributed by atoms with van der Waals surface area (Å²) in [4.78, 5) is 30.9. The lowest BCUT2D eigenvalue weighted by molar-refractivity contribution is -0.143. The number of amides is 2. The van der Waals surface area contributed by atoms with Crippen LogP contribution in [0.1, 0.15) is 24.2 Å². The number of benzene rings is 1. The van der Waals surface area contributed by atoms with E-state index in [4.69, 9.17) is 4.52 Å². The highest BCUT2D eigenvalue weighted by atomic mass is 32.2. The fraction of sp³-hybridized carbons (Fsp3) is 0.333. The number of aromatic nitrogens is 2. The molecule has 2 atom stereocenters. The van der Waals surface area contributed by atoms with Crippen molar-refractivity contribution in [2.24, 2.45) is 0 Å². The van der Waals surface area contributed by atoms with Crippen LogP contribution in [0.4, 0.5) is 0 Å². The quantitative estimate of drug-likeness (QED) is 0.825. The third-order valence-electron chi connectivity index (χ3n) is 4.41. The van der Waals surface area contributed by atoms with Crippen molar-refractivity contribution in [1.29, 1.82) is 0 Å². The summed E-state index contributed by atoms with van der Waals surface area (Å²) in [6.45, 7) is 3.69. The molecule has 0 unspecified atom stereocenters. The van der Waals surface area contributed by atoms with E-state index in [1.807, 2.05) is 37.3 Å². The Morgan fingerprint density at radius 3 is 2.81 bits per heavy atom. The number of fused-ring (bicyclic) bond motifs is 1. The van der Waals surface area contributed by atoms with Gasteiger partial charge in [0.15, 0.2) is 5.82 Å². The van der Waals surface area contributed by atoms with Crippen molar-refractivity contribution in [3.8, 4) is 0 Å². The number of aryl methyl sites for hydroxylation is 1. The van der Waals surface area contributed by atoms with E-state index >= 15 is 0 Å². The molecule has 0 radical (unpaired) electrons. The fourth-order valence-corrected chi connectivity index (χ4v) is 4.47. The van der Waals surface area contributed by atoms with Crippen molar-refractivity contribution in [2.75, 3.05) is 5.75 Å². The third-order valence-corrected chi connectivity index (χ3v) is 5.84. The molecule has 1 aromatic carbocycles. The zero-order valence-corrected chi connectivity index (χ0v) is 15.2. The largest absolute Gasteiger partial charge is 0.341 e. The number of carbonyl (C=O) groups is 2. The molecule has 1 saturated heterocycles. The van der Waals surface area contributed by atoms with Crippen molar-refractivity contribution >= 4 is 29.3 Å². The summed E-state index contributed by atoms with van der Waals surface area (Å²) in [7, 11) is 0. The van der Waals surface area contributed by atoms with Crippen LogP contribution in [0.2, 0.25) is 0 Å². The molecule has 0 spiro atoms. The second-order valence-corrected chi connectivity index (χ2v) is 7.50. The number of hydrogen-bond acceptors (Lipinski definition) is 6. The smallest absolute Gasteiger partial charge is 0.274 e. The van der Waals surface area contributed by atoms with Crippen LogP contribution in [0.25, 0.3) is 5.70 Å². The van der Waals surface area contributed by atoms with Crippen molar-refractivity contribution in [3.05, 3.63) is 53.2 Å². The molecular weight excluding hydrogens is 352 g/mol. The highest BCUT2D eigenvalue weighted by Crippen LogP contribution is 2.43. The minimum Gasteiger partial charge on any atom is -0.341 e. The van der Waals surface area contributed by atoms with Gasteiger partial charge in [-0.05, 0) is 25.0 Å². The highest BCUT2D eigenvalue weighted by Gasteiger charge is 2.53. The fourth-order valence-electron chi connectivity index (χ4n) is 3.17. The molecule has 0 saturated carbocycles. The number of carbonyl (C=O) groups excluding carboxylic acids is 2. The van der Waals surface area contributed by atoms with Crippen LogP contribution < -0.4 is 5.32 Å². The Kier molecular flexibility index (Phi) is 4.28. The summed E-state index contributed by atoms with van der Waals surface area (Å²) in [6, 6.07) is 8.95. The molecule has 7 nitrogen and oxygen atoms in total. The average Bonchev–Trinajstić information content (AvgIpc) is 3.06. The summed E-state index contributed by atoms with van der Waals surface area (Å²) in [5, 5.41) is 6.53. The minimum absolute atomic E-state index is 0.145. The molecule has 1 aromatic heterocycles. The molecule has 2 amide bonds. The third kappa shape index (κ3) is 2.90. The summed E-state index contributed by atoms with van der Waals surface area (Å²) in [5.74, 6) is 1.32. The predicted octanol–water partition coefficient (Wildman–Crippen LogP) is 1.75. The molecule has 134 valence electrons. The van der Waals surface area contributed by atoms with Gasteiger partial charge in [0.1, 0.15) is 17.1 Å². The standard InChI is InChI=1S/C18H18N4O3S/c1-10-9-26-18-14(20-13(23)8-12-6-4-3-5-7-12)17(24)22(18)15(10)16-19-11(2)21-25-16/h3-7,14,18H,8-9H2,1-2H3,(H,20,23)/t14-,18-/m1/s1. The van der Waals surface area contributed by atoms with Crippen LogP contribution >= 0.6 is 11.8 Å². The molecule has 2 aromatic rings. The van der Waals surface area contributed by atoms with E-state index in [1.165, 1.54) is 0 Å². The summed E-state index contributed by atoms with van der Waals surface area (Å²) < 4.78 is 5.26. The average molecular weight is 370 g/mol. The maximum absolute atomic E-state index is 12.7. The second kappa shape index (κ2) is 6.60. The van der Waals surface area contributed by atoms with Gasteiger partial charge in [-0.25, -0.2) is 0 Å². The van der Waals surface area contributed by atoms with Gasteiger partial charge in [0.25, 0.3) is 11.8 Å². The summed E-state index contributed by atoms with van der Waals surface area (Å²) in [6.07, 6.45) is 0.257. The van der Waals surface area contributed by atoms with Crippen LogP contribution in [0.3, 0.4) is 0 Å². The SMILES string of the molecule is CC1=C(c2nc(C)no2)N2C(=O)[C@@H](NC(=O)Cc3ccccc3)[C@H]2SC1. The van der Waals surface area contributed by atoms with Gasteiger partial charge in [0.2, 0.25) is 5.91 Å². The van der Waals surface area contributed by atoms with Crippen molar-refractivity contribution in [3.63, 3.8) is 0 Å². The van der Waals surface area contributed by atoms with E-state index in [-0.39, 0.29) is 23.6 Å². The normalized spacial score (nSPS) is 22.1. The van der Waals surface area contributed by atoms with Gasteiger partial charge in [0, 0.05) is 5.75 Å². The minimum atomic E-state index is -0.525. The van der Waals surface area contributed by atoms with Crippen LogP contribution in [-0.4, -0.2) is 44.0 Å². The number of nitrogens with zero attached hydrogens (tertiary/aromatic N) is 3. The van der Waals surface area contributed by atoms with Gasteiger partial charge in [0.05, 0.1) is 6.42 Å². The van der Waals surface area contributed by atoms with Crippen LogP contribution in [0.5, 0.6) is 0 Å². The van der Waals surface area contributed by atoms with Gasteiger partial charge in [-0.1, -0.05) is 35.5 Å². The summed E-state index contributed by atoms with van der Waals surface area (Å²) >= 11 is 1.63. The first-order valence-electron chi connectivity index (χ1n) is 8.33. The Morgan fingerprint density at radius 1 is 1.35 bits per heavy atom. The zero-order chi connectivity index (χ0) is 18.3. The molecule has 26 heavy (non-hydrogen) atoms. The summed E-state index contributed by atoms with van der Waals surface area (Å²) in [5.41, 5.74) is 2.60. The van der Waals surface area contributed by atoms with Crippen LogP contribution in [0.15, 0.2) is 40.4 Å². The Bertz CT molecular complexity index is 893. The Labute approximate surface area is 154 Å². The monoisotopic (exact) mass is 370 g/mol. The molecule has 1 N–H and O–H groups in total. The van der Waals surface area contributed by atoms with Gasteiger partial charge in [-0.15, -0.1) is 11.8 Å². The van der Waals surface area contributed by atoms with E-state index in [1.54, 1.807) is 23.6 Å². The molecule has 3 heterocycles. The van der Waals surface area contributed by atoms with Gasteiger partial charge >= 0.3 is 0 Å². The Hall–Kier alpha value is -2.61. The lowest BCUT2D eigenvalue weighted by atomic mass is 10.0. The molecule has 4 rings (SSSR count). The zero-order valence-electron chi connectivity index (χ0n) is 14.4. The molecule has 8 heteroatoms. The lowest BCUT2D eigenvalue weighted by Crippen LogP contribution is -2.69. The lowest BCUT2D eigenvalue weighted by Gasteiger charge is -2.49. The van der Waals surface area contributed by atoms with E-state index in [9.17, 15) is 9.59 Å². The number of nitrogens with one attached hydrogen (secondary N) is 1. The van der Waals surface area contributed by atoms with E-state index in [2.05, 4.69) is 15.5 Å². The van der Waals surface area contributed by atoms with E-state index in [0.29, 0.717) is 17.4 Å². The predicted molar refractivity (Wildman–Crippen MR) is 96.8 cm³/mol.